The molecule has 0 saturated heterocycles. The van der Waals surface area contributed by atoms with E-state index in [0.29, 0.717) is 48.4 Å². The molecular formula is C29H35N7O4. The van der Waals surface area contributed by atoms with Gasteiger partial charge in [0.05, 0.1) is 42.3 Å². The Morgan fingerprint density at radius 1 is 1.25 bits per heavy atom. The van der Waals surface area contributed by atoms with Crippen molar-refractivity contribution in [2.45, 2.75) is 39.5 Å². The number of methoxy groups -OCH3 is 1. The number of fused-ring (bicyclic) bond motifs is 3. The van der Waals surface area contributed by atoms with Gasteiger partial charge in [-0.1, -0.05) is 18.2 Å². The molecule has 0 atom stereocenters. The normalized spacial score (nSPS) is 13.4. The van der Waals surface area contributed by atoms with Crippen molar-refractivity contribution in [3.05, 3.63) is 64.0 Å². The molecule has 0 unspecified atom stereocenters. The van der Waals surface area contributed by atoms with E-state index in [1.807, 2.05) is 32.3 Å². The molecular weight excluding hydrogens is 510 g/mol. The Morgan fingerprint density at radius 2 is 2.02 bits per heavy atom. The number of nitrogens with zero attached hydrogens (tertiary/aromatic N) is 5. The number of benzene rings is 2. The predicted octanol–water partition coefficient (Wildman–Crippen LogP) is 5.35. The Balaban J connectivity index is 1.54. The van der Waals surface area contributed by atoms with Crippen LogP contribution in [-0.2, 0) is 17.9 Å². The summed E-state index contributed by atoms with van der Waals surface area (Å²) in [4.78, 5) is 23.1. The van der Waals surface area contributed by atoms with E-state index in [2.05, 4.69) is 51.1 Å². The van der Waals surface area contributed by atoms with Crippen molar-refractivity contribution in [1.82, 2.24) is 19.4 Å². The standard InChI is InChI=1S/C29H35N7O4/c1-18-26(31-17-29(2,3)34(4)5)23(36(37)38)15-21(27(18)39-6)33-28-30-12-11-20(32-28)25-19-9-7-8-10-22(19)35-13-14-40-16-24(25)35/h7-12,15,31H,13-14,16-17H2,1-6H3,(H,30,32,33). The molecule has 210 valence electrons. The van der Waals surface area contributed by atoms with Gasteiger partial charge in [-0.3, -0.25) is 10.1 Å². The molecule has 2 aromatic carbocycles. The Labute approximate surface area is 233 Å². The van der Waals surface area contributed by atoms with Gasteiger partial charge < -0.3 is 29.6 Å². The first-order valence-corrected chi connectivity index (χ1v) is 13.2. The molecule has 11 nitrogen and oxygen atoms in total. The Morgan fingerprint density at radius 3 is 2.75 bits per heavy atom. The van der Waals surface area contributed by atoms with Crippen molar-refractivity contribution in [2.75, 3.05) is 45.0 Å². The number of rotatable bonds is 9. The second-order valence-electron chi connectivity index (χ2n) is 10.7. The average molecular weight is 546 g/mol. The third kappa shape index (κ3) is 4.93. The molecule has 0 saturated carbocycles. The molecule has 2 aromatic heterocycles. The Kier molecular flexibility index (Phi) is 7.35. The maximum Gasteiger partial charge on any atom is 0.294 e. The van der Waals surface area contributed by atoms with E-state index in [4.69, 9.17) is 14.5 Å². The number of aromatic nitrogens is 3. The van der Waals surface area contributed by atoms with Crippen LogP contribution in [0, 0.1) is 17.0 Å². The number of hydrogen-bond acceptors (Lipinski definition) is 9. The topological polar surface area (TPSA) is 120 Å². The van der Waals surface area contributed by atoms with Gasteiger partial charge in [0.1, 0.15) is 11.4 Å². The van der Waals surface area contributed by atoms with Crippen LogP contribution in [0.5, 0.6) is 5.75 Å². The maximum atomic E-state index is 12.1. The van der Waals surface area contributed by atoms with Crippen LogP contribution in [0.2, 0.25) is 0 Å². The fourth-order valence-corrected chi connectivity index (χ4v) is 5.02. The number of hydrogen-bond donors (Lipinski definition) is 2. The van der Waals surface area contributed by atoms with Crippen LogP contribution in [0.15, 0.2) is 42.6 Å². The van der Waals surface area contributed by atoms with E-state index in [0.717, 1.165) is 34.4 Å². The van der Waals surface area contributed by atoms with Gasteiger partial charge in [0.25, 0.3) is 5.69 Å². The first kappa shape index (κ1) is 27.4. The highest BCUT2D eigenvalue weighted by molar-refractivity contribution is 5.97. The number of para-hydroxylation sites is 1. The van der Waals surface area contributed by atoms with Crippen molar-refractivity contribution < 1.29 is 14.4 Å². The zero-order valence-electron chi connectivity index (χ0n) is 23.7. The molecule has 0 amide bonds. The number of likely N-dealkylation sites (N-methyl/N-ethyl adjacent to an activating group) is 1. The highest BCUT2D eigenvalue weighted by Gasteiger charge is 2.27. The summed E-state index contributed by atoms with van der Waals surface area (Å²) < 4.78 is 13.8. The van der Waals surface area contributed by atoms with Gasteiger partial charge in [0.15, 0.2) is 0 Å². The molecule has 4 aromatic rings. The average Bonchev–Trinajstić information content (AvgIpc) is 3.27. The number of anilines is 3. The summed E-state index contributed by atoms with van der Waals surface area (Å²) in [5.41, 5.74) is 5.10. The van der Waals surface area contributed by atoms with Crippen molar-refractivity contribution in [1.29, 1.82) is 0 Å². The highest BCUT2D eigenvalue weighted by Crippen LogP contribution is 2.42. The lowest BCUT2D eigenvalue weighted by Gasteiger charge is -2.33. The summed E-state index contributed by atoms with van der Waals surface area (Å²) in [6.07, 6.45) is 1.68. The minimum absolute atomic E-state index is 0.0591. The van der Waals surface area contributed by atoms with Gasteiger partial charge >= 0.3 is 0 Å². The van der Waals surface area contributed by atoms with Crippen LogP contribution in [0.1, 0.15) is 25.1 Å². The van der Waals surface area contributed by atoms with E-state index in [-0.39, 0.29) is 16.1 Å². The van der Waals surface area contributed by atoms with Gasteiger partial charge in [-0.25, -0.2) is 9.97 Å². The summed E-state index contributed by atoms with van der Waals surface area (Å²) in [6, 6.07) is 11.6. The van der Waals surface area contributed by atoms with Crippen LogP contribution in [0.25, 0.3) is 22.2 Å². The first-order valence-electron chi connectivity index (χ1n) is 13.2. The number of nitro benzene ring substituents is 1. The van der Waals surface area contributed by atoms with Crippen molar-refractivity contribution >= 4 is 33.9 Å². The monoisotopic (exact) mass is 545 g/mol. The fraction of sp³-hybridized carbons (Fsp3) is 0.379. The molecule has 2 N–H and O–H groups in total. The summed E-state index contributed by atoms with van der Waals surface area (Å²) in [6.45, 7) is 8.37. The predicted molar refractivity (Wildman–Crippen MR) is 157 cm³/mol. The van der Waals surface area contributed by atoms with Gasteiger partial charge in [-0.2, -0.15) is 0 Å². The summed E-state index contributed by atoms with van der Waals surface area (Å²) in [5, 5.41) is 19.7. The minimum Gasteiger partial charge on any atom is -0.494 e. The quantitative estimate of drug-likeness (QED) is 0.212. The SMILES string of the molecule is COc1c(Nc2nccc(-c3c4n(c5ccccc35)CCOC4)n2)cc([N+](=O)[O-])c(NCC(C)(C)N(C)C)c1C. The van der Waals surface area contributed by atoms with E-state index >= 15 is 0 Å². The molecule has 0 aliphatic carbocycles. The number of nitro groups is 1. The van der Waals surface area contributed by atoms with Crippen LogP contribution >= 0.6 is 0 Å². The third-order valence-corrected chi connectivity index (χ3v) is 7.74. The number of ether oxygens (including phenoxy) is 2. The molecule has 1 aliphatic heterocycles. The number of nitrogens with one attached hydrogen (secondary N) is 2. The molecule has 5 rings (SSSR count). The summed E-state index contributed by atoms with van der Waals surface area (Å²) in [7, 11) is 5.50. The van der Waals surface area contributed by atoms with E-state index in [1.54, 1.807) is 20.2 Å². The zero-order valence-corrected chi connectivity index (χ0v) is 23.7. The second kappa shape index (κ2) is 10.7. The summed E-state index contributed by atoms with van der Waals surface area (Å²) in [5.74, 6) is 0.782. The van der Waals surface area contributed by atoms with Crippen molar-refractivity contribution in [3.63, 3.8) is 0 Å². The molecule has 11 heteroatoms. The lowest BCUT2D eigenvalue weighted by Crippen LogP contribution is -2.44. The van der Waals surface area contributed by atoms with Gasteiger partial charge in [-0.15, -0.1) is 0 Å². The van der Waals surface area contributed by atoms with Crippen LogP contribution in [0.3, 0.4) is 0 Å². The molecule has 1 aliphatic rings. The lowest BCUT2D eigenvalue weighted by atomic mass is 10.0. The minimum atomic E-state index is -0.389. The summed E-state index contributed by atoms with van der Waals surface area (Å²) >= 11 is 0. The largest absolute Gasteiger partial charge is 0.494 e. The fourth-order valence-electron chi connectivity index (χ4n) is 5.02. The third-order valence-electron chi connectivity index (χ3n) is 7.74. The van der Waals surface area contributed by atoms with E-state index in [9.17, 15) is 10.1 Å². The maximum absolute atomic E-state index is 12.1. The van der Waals surface area contributed by atoms with Crippen molar-refractivity contribution in [3.8, 4) is 17.0 Å². The van der Waals surface area contributed by atoms with Crippen LogP contribution in [-0.4, -0.2) is 64.3 Å². The van der Waals surface area contributed by atoms with Gasteiger partial charge in [-0.05, 0) is 47.0 Å². The van der Waals surface area contributed by atoms with Crippen LogP contribution in [0.4, 0.5) is 23.0 Å². The van der Waals surface area contributed by atoms with E-state index in [1.165, 1.54) is 6.07 Å². The zero-order chi connectivity index (χ0) is 28.6. The lowest BCUT2D eigenvalue weighted by molar-refractivity contribution is -0.383. The second-order valence-corrected chi connectivity index (χ2v) is 10.7. The molecule has 0 fully saturated rings. The van der Waals surface area contributed by atoms with Gasteiger partial charge in [0, 0.05) is 52.9 Å². The Bertz CT molecular complexity index is 1580. The molecule has 0 bridgehead atoms. The molecule has 40 heavy (non-hydrogen) atoms. The van der Waals surface area contributed by atoms with E-state index < -0.39 is 0 Å². The van der Waals surface area contributed by atoms with Crippen LogP contribution < -0.4 is 15.4 Å². The smallest absolute Gasteiger partial charge is 0.294 e. The molecule has 0 radical (unpaired) electrons. The Hall–Kier alpha value is -4.22. The van der Waals surface area contributed by atoms with Crippen molar-refractivity contribution in [2.24, 2.45) is 0 Å². The molecule has 0 spiro atoms. The highest BCUT2D eigenvalue weighted by atomic mass is 16.6. The first-order chi connectivity index (χ1) is 19.1. The van der Waals surface area contributed by atoms with Gasteiger partial charge in [0.2, 0.25) is 5.95 Å². The molecule has 3 heterocycles.